The predicted molar refractivity (Wildman–Crippen MR) is 41.7 cm³/mol. The second-order valence-electron chi connectivity index (χ2n) is 4.88. The van der Waals surface area contributed by atoms with Gasteiger partial charge >= 0.3 is 20.4 Å². The average molecular weight is 243 g/mol. The summed E-state index contributed by atoms with van der Waals surface area (Å²) in [7, 11) is 0. The average Bonchev–Trinajstić information content (AvgIpc) is 1.82. The van der Waals surface area contributed by atoms with Gasteiger partial charge < -0.3 is 0 Å². The molecule has 4 fully saturated rings. The summed E-state index contributed by atoms with van der Waals surface area (Å²) in [6, 6.07) is 0. The fourth-order valence-electron chi connectivity index (χ4n) is 3.98. The Kier molecular flexibility index (Phi) is 2.15. The Morgan fingerprint density at radius 3 is 0.818 bits per heavy atom. The quantitative estimate of drug-likeness (QED) is 0.573. The van der Waals surface area contributed by atoms with Gasteiger partial charge in [0.05, 0.1) is 0 Å². The van der Waals surface area contributed by atoms with Crippen LogP contribution in [0, 0.1) is 23.7 Å². The molecule has 0 atom stereocenters. The Morgan fingerprint density at radius 2 is 0.636 bits per heavy atom. The van der Waals surface area contributed by atoms with Gasteiger partial charge in [-0.15, -0.1) is 0 Å². The van der Waals surface area contributed by atoms with Crippen LogP contribution in [0.15, 0.2) is 0 Å². The molecule has 0 amide bonds. The maximum Gasteiger partial charge on any atom is 2.00 e. The van der Waals surface area contributed by atoms with Crippen molar-refractivity contribution in [3.63, 3.8) is 0 Å². The van der Waals surface area contributed by atoms with Crippen molar-refractivity contribution in [3.05, 3.63) is 0 Å². The molecule has 0 aromatic heterocycles. The van der Waals surface area contributed by atoms with Crippen molar-refractivity contribution in [3.8, 4) is 0 Å². The summed E-state index contributed by atoms with van der Waals surface area (Å²) in [6.07, 6.45) is 9.62. The molecule has 4 aliphatic carbocycles. The van der Waals surface area contributed by atoms with Crippen LogP contribution < -0.4 is 0 Å². The Balaban J connectivity index is 0.000000480. The molecule has 0 saturated heterocycles. The van der Waals surface area contributed by atoms with Crippen LogP contribution in [-0.4, -0.2) is 0 Å². The summed E-state index contributed by atoms with van der Waals surface area (Å²) >= 11 is 0. The Hall–Kier alpha value is 0.662. The van der Waals surface area contributed by atoms with Crippen LogP contribution in [0.25, 0.3) is 0 Å². The molecular weight excluding hydrogens is 227 g/mol. The summed E-state index contributed by atoms with van der Waals surface area (Å²) in [5.41, 5.74) is 0. The van der Waals surface area contributed by atoms with E-state index in [1.165, 1.54) is 23.7 Å². The molecule has 0 radical (unpaired) electrons. The first-order valence-corrected chi connectivity index (χ1v) is 4.90. The number of hydrogen-bond donors (Lipinski definition) is 0. The third-order valence-corrected chi connectivity index (χ3v) is 4.00. The van der Waals surface area contributed by atoms with E-state index < -0.39 is 0 Å². The molecule has 0 N–H and O–H groups in total. The van der Waals surface area contributed by atoms with E-state index in [0.29, 0.717) is 0 Å². The first-order valence-electron chi connectivity index (χ1n) is 4.90. The van der Waals surface area contributed by atoms with E-state index in [9.17, 15) is 0 Å². The minimum atomic E-state index is 0. The fraction of sp³-hybridized carbons (Fsp3) is 1.00. The first kappa shape index (κ1) is 8.27. The van der Waals surface area contributed by atoms with Crippen LogP contribution in [0.1, 0.15) is 38.5 Å². The predicted octanol–water partition coefficient (Wildman–Crippen LogP) is 2.83. The normalized spacial score (nSPS) is 52.4. The van der Waals surface area contributed by atoms with Crippen LogP contribution in [0.3, 0.4) is 0 Å². The van der Waals surface area contributed by atoms with Gasteiger partial charge in [0.25, 0.3) is 0 Å². The van der Waals surface area contributed by atoms with Gasteiger partial charge in [0.1, 0.15) is 0 Å². The largest absolute Gasteiger partial charge is 2.00 e. The molecule has 4 bridgehead atoms. The summed E-state index contributed by atoms with van der Waals surface area (Å²) in [6.45, 7) is 0. The molecular formula is C10H16Pd+2. The Labute approximate surface area is 82.8 Å². The van der Waals surface area contributed by atoms with Crippen LogP contribution in [-0.2, 0) is 20.4 Å². The first-order chi connectivity index (χ1) is 4.90. The van der Waals surface area contributed by atoms with Gasteiger partial charge in [-0.1, -0.05) is 0 Å². The van der Waals surface area contributed by atoms with Crippen LogP contribution in [0.2, 0.25) is 0 Å². The molecule has 4 saturated carbocycles. The zero-order chi connectivity index (χ0) is 6.55. The number of hydrogen-bond acceptors (Lipinski definition) is 0. The molecule has 0 nitrogen and oxygen atoms in total. The van der Waals surface area contributed by atoms with Gasteiger partial charge in [-0.05, 0) is 62.2 Å². The van der Waals surface area contributed by atoms with E-state index >= 15 is 0 Å². The topological polar surface area (TPSA) is 0 Å². The molecule has 4 aliphatic rings. The third kappa shape index (κ3) is 1.32. The Bertz CT molecular complexity index is 96.4. The minimum absolute atomic E-state index is 0. The molecule has 0 heterocycles. The molecule has 0 aromatic carbocycles. The van der Waals surface area contributed by atoms with Crippen molar-refractivity contribution in [1.82, 2.24) is 0 Å². The van der Waals surface area contributed by atoms with Gasteiger partial charge in [-0.3, -0.25) is 0 Å². The molecule has 1 heteroatoms. The maximum atomic E-state index is 1.60. The second kappa shape index (κ2) is 2.86. The summed E-state index contributed by atoms with van der Waals surface area (Å²) in [4.78, 5) is 0. The van der Waals surface area contributed by atoms with Crippen molar-refractivity contribution < 1.29 is 20.4 Å². The van der Waals surface area contributed by atoms with Gasteiger partial charge in [-0.25, -0.2) is 0 Å². The molecule has 0 aliphatic heterocycles. The summed E-state index contributed by atoms with van der Waals surface area (Å²) in [5.74, 6) is 4.71. The fourth-order valence-corrected chi connectivity index (χ4v) is 3.98. The van der Waals surface area contributed by atoms with Crippen LogP contribution in [0.4, 0.5) is 0 Å². The van der Waals surface area contributed by atoms with E-state index in [4.69, 9.17) is 0 Å². The van der Waals surface area contributed by atoms with Crippen LogP contribution in [0.5, 0.6) is 0 Å². The SMILES string of the molecule is C1C2CC3CC1CC(C2)C3.[Pd+2]. The van der Waals surface area contributed by atoms with Crippen molar-refractivity contribution in [1.29, 1.82) is 0 Å². The zero-order valence-electron chi connectivity index (χ0n) is 6.87. The molecule has 11 heavy (non-hydrogen) atoms. The number of rotatable bonds is 0. The molecule has 0 aromatic rings. The Morgan fingerprint density at radius 1 is 0.455 bits per heavy atom. The van der Waals surface area contributed by atoms with Crippen molar-refractivity contribution >= 4 is 0 Å². The van der Waals surface area contributed by atoms with E-state index in [1.54, 1.807) is 38.5 Å². The van der Waals surface area contributed by atoms with Gasteiger partial charge in [0.2, 0.25) is 0 Å². The van der Waals surface area contributed by atoms with Gasteiger partial charge in [-0.2, -0.15) is 0 Å². The minimum Gasteiger partial charge on any atom is -0.0475 e. The molecule has 0 spiro atoms. The zero-order valence-corrected chi connectivity index (χ0v) is 8.42. The van der Waals surface area contributed by atoms with E-state index in [0.717, 1.165) is 0 Å². The van der Waals surface area contributed by atoms with Crippen molar-refractivity contribution in [2.24, 2.45) is 23.7 Å². The van der Waals surface area contributed by atoms with Crippen molar-refractivity contribution in [2.75, 3.05) is 0 Å². The summed E-state index contributed by atoms with van der Waals surface area (Å²) < 4.78 is 0. The van der Waals surface area contributed by atoms with E-state index in [1.807, 2.05) is 0 Å². The summed E-state index contributed by atoms with van der Waals surface area (Å²) in [5, 5.41) is 0. The third-order valence-electron chi connectivity index (χ3n) is 4.00. The molecule has 64 valence electrons. The maximum absolute atomic E-state index is 1.60. The second-order valence-corrected chi connectivity index (χ2v) is 4.88. The van der Waals surface area contributed by atoms with E-state index in [-0.39, 0.29) is 20.4 Å². The van der Waals surface area contributed by atoms with Crippen molar-refractivity contribution in [2.45, 2.75) is 38.5 Å². The van der Waals surface area contributed by atoms with Crippen LogP contribution >= 0.6 is 0 Å². The monoisotopic (exact) mass is 242 g/mol. The van der Waals surface area contributed by atoms with Gasteiger partial charge in [0.15, 0.2) is 0 Å². The van der Waals surface area contributed by atoms with Gasteiger partial charge in [0, 0.05) is 0 Å². The van der Waals surface area contributed by atoms with E-state index in [2.05, 4.69) is 0 Å². The standard InChI is InChI=1S/C10H16.Pd/c1-7-2-9-4-8(1)5-10(3-7)6-9;/h7-10H,1-6H2;/q;+2. The molecule has 0 unspecified atom stereocenters. The molecule has 4 rings (SSSR count). The smallest absolute Gasteiger partial charge is 0.0475 e.